The van der Waals surface area contributed by atoms with Gasteiger partial charge in [-0.2, -0.15) is 0 Å². The maximum atomic E-state index is 12.8. The van der Waals surface area contributed by atoms with Gasteiger partial charge in [0.05, 0.1) is 36.6 Å². The summed E-state index contributed by atoms with van der Waals surface area (Å²) >= 11 is 0. The van der Waals surface area contributed by atoms with E-state index in [1.807, 2.05) is 25.1 Å². The highest BCUT2D eigenvalue weighted by atomic mass is 16.5. The molecule has 2 aromatic carbocycles. The summed E-state index contributed by atoms with van der Waals surface area (Å²) in [4.78, 5) is 38.0. The van der Waals surface area contributed by atoms with Crippen LogP contribution in [0.2, 0.25) is 0 Å². The average Bonchev–Trinajstić information content (AvgIpc) is 3.01. The largest absolute Gasteiger partial charge is 0.493 e. The van der Waals surface area contributed by atoms with Crippen molar-refractivity contribution in [3.05, 3.63) is 53.1 Å². The summed E-state index contributed by atoms with van der Waals surface area (Å²) < 4.78 is 10.9. The minimum atomic E-state index is -0.688. The van der Waals surface area contributed by atoms with Gasteiger partial charge in [0.2, 0.25) is 5.91 Å². The van der Waals surface area contributed by atoms with Gasteiger partial charge in [0, 0.05) is 13.5 Å². The molecule has 0 bridgehead atoms. The summed E-state index contributed by atoms with van der Waals surface area (Å²) in [5, 5.41) is 13.0. The van der Waals surface area contributed by atoms with Gasteiger partial charge in [0.1, 0.15) is 0 Å². The van der Waals surface area contributed by atoms with Gasteiger partial charge in [-0.25, -0.2) is 0 Å². The zero-order valence-corrected chi connectivity index (χ0v) is 18.5. The number of carbonyl (C=O) groups is 3. The monoisotopic (exact) mass is 440 g/mol. The molecule has 1 unspecified atom stereocenters. The molecule has 3 amide bonds. The van der Waals surface area contributed by atoms with Gasteiger partial charge in [-0.1, -0.05) is 12.1 Å². The number of aliphatic hydroxyl groups is 1. The number of nitrogens with zero attached hydrogens (tertiary/aromatic N) is 1. The Hall–Kier alpha value is -3.39. The molecule has 32 heavy (non-hydrogen) atoms. The van der Waals surface area contributed by atoms with Crippen LogP contribution in [0.3, 0.4) is 0 Å². The number of anilines is 1. The van der Waals surface area contributed by atoms with Gasteiger partial charge < -0.3 is 19.9 Å². The number of imide groups is 1. The molecule has 0 aromatic heterocycles. The normalized spacial score (nSPS) is 13.7. The lowest BCUT2D eigenvalue weighted by atomic mass is 10.0. The molecule has 3 rings (SSSR count). The maximum Gasteiger partial charge on any atom is 0.263 e. The third-order valence-corrected chi connectivity index (χ3v) is 5.29. The fourth-order valence-corrected chi connectivity index (χ4v) is 3.73. The summed E-state index contributed by atoms with van der Waals surface area (Å²) in [5.74, 6) is 0.112. The number of amides is 3. The van der Waals surface area contributed by atoms with Crippen LogP contribution >= 0.6 is 0 Å². The smallest absolute Gasteiger partial charge is 0.263 e. The summed E-state index contributed by atoms with van der Waals surface area (Å²) in [6.07, 6.45) is 0.653. The van der Waals surface area contributed by atoms with Crippen LogP contribution in [0.15, 0.2) is 36.4 Å². The highest BCUT2D eigenvalue weighted by Crippen LogP contribution is 2.30. The first kappa shape index (κ1) is 23.3. The summed E-state index contributed by atoms with van der Waals surface area (Å²) in [7, 11) is 1.58. The van der Waals surface area contributed by atoms with Gasteiger partial charge in [0.15, 0.2) is 11.5 Å². The highest BCUT2D eigenvalue weighted by Gasteiger charge is 2.37. The zero-order valence-electron chi connectivity index (χ0n) is 18.5. The lowest BCUT2D eigenvalue weighted by Gasteiger charge is -2.17. The Morgan fingerprint density at radius 1 is 1.12 bits per heavy atom. The SMILES string of the molecule is CCOc1cc(CCC(O)CCN2C(=O)c3cccc(NC(C)=O)c3C2=O)ccc1OC. The van der Waals surface area contributed by atoms with E-state index in [1.165, 1.54) is 6.92 Å². The van der Waals surface area contributed by atoms with Crippen molar-refractivity contribution in [3.63, 3.8) is 0 Å². The number of benzene rings is 2. The lowest BCUT2D eigenvalue weighted by Crippen LogP contribution is -2.32. The van der Waals surface area contributed by atoms with Crippen LogP contribution in [0.25, 0.3) is 0 Å². The molecule has 8 heteroatoms. The molecule has 2 N–H and O–H groups in total. The standard InChI is InChI=1S/C24H28N2O6/c1-4-32-21-14-16(9-11-20(21)31-3)8-10-17(28)12-13-26-23(29)18-6-5-7-19(25-15(2)27)22(18)24(26)30/h5-7,9,11,14,17,28H,4,8,10,12-13H2,1-3H3,(H,25,27). The molecule has 0 saturated heterocycles. The first-order valence-electron chi connectivity index (χ1n) is 10.6. The Labute approximate surface area is 187 Å². The second-order valence-electron chi connectivity index (χ2n) is 7.57. The van der Waals surface area contributed by atoms with Crippen molar-refractivity contribution in [2.45, 2.75) is 39.2 Å². The highest BCUT2D eigenvalue weighted by molar-refractivity contribution is 6.24. The number of nitrogens with one attached hydrogen (secondary N) is 1. The van der Waals surface area contributed by atoms with Gasteiger partial charge in [0.25, 0.3) is 11.8 Å². The van der Waals surface area contributed by atoms with Crippen LogP contribution in [0.4, 0.5) is 5.69 Å². The summed E-state index contributed by atoms with van der Waals surface area (Å²) in [5.41, 5.74) is 1.77. The Morgan fingerprint density at radius 3 is 2.59 bits per heavy atom. The van der Waals surface area contributed by atoms with Gasteiger partial charge in [-0.3, -0.25) is 19.3 Å². The topological polar surface area (TPSA) is 105 Å². The predicted molar refractivity (Wildman–Crippen MR) is 119 cm³/mol. The molecule has 0 aliphatic carbocycles. The first-order valence-corrected chi connectivity index (χ1v) is 10.6. The van der Waals surface area contributed by atoms with Crippen molar-refractivity contribution in [2.75, 3.05) is 25.6 Å². The lowest BCUT2D eigenvalue weighted by molar-refractivity contribution is -0.114. The number of hydrogen-bond donors (Lipinski definition) is 2. The van der Waals surface area contributed by atoms with Crippen molar-refractivity contribution in [2.24, 2.45) is 0 Å². The molecular weight excluding hydrogens is 412 g/mol. The van der Waals surface area contributed by atoms with E-state index >= 15 is 0 Å². The Balaban J connectivity index is 1.59. The van der Waals surface area contributed by atoms with Gasteiger partial charge >= 0.3 is 0 Å². The van der Waals surface area contributed by atoms with Crippen molar-refractivity contribution in [1.29, 1.82) is 0 Å². The third kappa shape index (κ3) is 5.08. The minimum Gasteiger partial charge on any atom is -0.493 e. The molecule has 0 spiro atoms. The van der Waals surface area contributed by atoms with E-state index in [0.717, 1.165) is 10.5 Å². The van der Waals surface area contributed by atoms with Crippen LogP contribution in [0.5, 0.6) is 11.5 Å². The number of fused-ring (bicyclic) bond motifs is 1. The molecular formula is C24H28N2O6. The van der Waals surface area contributed by atoms with Crippen molar-refractivity contribution in [3.8, 4) is 11.5 Å². The number of rotatable bonds is 10. The van der Waals surface area contributed by atoms with Crippen LogP contribution in [0, 0.1) is 0 Å². The molecule has 0 fully saturated rings. The van der Waals surface area contributed by atoms with E-state index in [9.17, 15) is 19.5 Å². The summed E-state index contributed by atoms with van der Waals surface area (Å²) in [6, 6.07) is 10.4. The second kappa shape index (κ2) is 10.3. The van der Waals surface area contributed by atoms with Crippen LogP contribution in [-0.4, -0.2) is 54.1 Å². The second-order valence-corrected chi connectivity index (χ2v) is 7.57. The molecule has 1 atom stereocenters. The van der Waals surface area contributed by atoms with Gasteiger partial charge in [-0.15, -0.1) is 0 Å². The minimum absolute atomic E-state index is 0.0971. The third-order valence-electron chi connectivity index (χ3n) is 5.29. The van der Waals surface area contributed by atoms with Crippen molar-refractivity contribution < 1.29 is 29.0 Å². The number of hydrogen-bond acceptors (Lipinski definition) is 6. The molecule has 2 aromatic rings. The van der Waals surface area contributed by atoms with Crippen LogP contribution in [0.1, 0.15) is 53.0 Å². The molecule has 1 aliphatic heterocycles. The zero-order chi connectivity index (χ0) is 23.3. The molecule has 1 aliphatic rings. The molecule has 0 radical (unpaired) electrons. The number of aliphatic hydroxyl groups excluding tert-OH is 1. The quantitative estimate of drug-likeness (QED) is 0.550. The fraction of sp³-hybridized carbons (Fsp3) is 0.375. The summed E-state index contributed by atoms with van der Waals surface area (Å²) in [6.45, 7) is 3.86. The van der Waals surface area contributed by atoms with Crippen LogP contribution in [-0.2, 0) is 11.2 Å². The molecule has 1 heterocycles. The number of carbonyl (C=O) groups excluding carboxylic acids is 3. The molecule has 170 valence electrons. The van der Waals surface area contributed by atoms with Crippen molar-refractivity contribution in [1.82, 2.24) is 4.90 Å². The number of ether oxygens (including phenoxy) is 2. The van der Waals surface area contributed by atoms with E-state index in [0.29, 0.717) is 36.6 Å². The van der Waals surface area contributed by atoms with E-state index in [2.05, 4.69) is 5.32 Å². The van der Waals surface area contributed by atoms with Gasteiger partial charge in [-0.05, 0) is 56.0 Å². The average molecular weight is 440 g/mol. The van der Waals surface area contributed by atoms with Crippen LogP contribution < -0.4 is 14.8 Å². The predicted octanol–water partition coefficient (Wildman–Crippen LogP) is 3.03. The molecule has 0 saturated carbocycles. The molecule has 8 nitrogen and oxygen atoms in total. The Bertz CT molecular complexity index is 1020. The number of methoxy groups -OCH3 is 1. The number of aryl methyl sites for hydroxylation is 1. The van der Waals surface area contributed by atoms with E-state index in [4.69, 9.17) is 9.47 Å². The van der Waals surface area contributed by atoms with E-state index < -0.39 is 17.9 Å². The van der Waals surface area contributed by atoms with Crippen molar-refractivity contribution >= 4 is 23.4 Å². The Kier molecular flexibility index (Phi) is 7.48. The van der Waals surface area contributed by atoms with E-state index in [1.54, 1.807) is 25.3 Å². The van der Waals surface area contributed by atoms with E-state index in [-0.39, 0.29) is 30.0 Å². The fourth-order valence-electron chi connectivity index (χ4n) is 3.73. The first-order chi connectivity index (χ1) is 15.3. The Morgan fingerprint density at radius 2 is 1.91 bits per heavy atom. The maximum absolute atomic E-state index is 12.8.